The van der Waals surface area contributed by atoms with Crippen LogP contribution in [0.15, 0.2) is 6.20 Å². The van der Waals surface area contributed by atoms with Crippen LogP contribution in [0.3, 0.4) is 0 Å². The second kappa shape index (κ2) is 7.16. The van der Waals surface area contributed by atoms with Crippen LogP contribution in [-0.2, 0) is 6.54 Å². The molecule has 1 aliphatic rings. The van der Waals surface area contributed by atoms with Gasteiger partial charge in [0.25, 0.3) is 6.43 Å². The van der Waals surface area contributed by atoms with Crippen LogP contribution in [0, 0.1) is 0 Å². The third-order valence-corrected chi connectivity index (χ3v) is 3.99. The maximum Gasteiger partial charge on any atom is 0.280 e. The molecule has 0 bridgehead atoms. The van der Waals surface area contributed by atoms with Gasteiger partial charge in [-0.1, -0.05) is 39.5 Å². The highest BCUT2D eigenvalue weighted by molar-refractivity contribution is 5.19. The van der Waals surface area contributed by atoms with Crippen LogP contribution in [0.2, 0.25) is 0 Å². The van der Waals surface area contributed by atoms with E-state index in [4.69, 9.17) is 0 Å². The molecule has 0 aromatic carbocycles. The molecular formula is C15H25F2N3. The van der Waals surface area contributed by atoms with E-state index in [0.717, 1.165) is 25.7 Å². The molecule has 1 saturated carbocycles. The maximum atomic E-state index is 13.4. The van der Waals surface area contributed by atoms with Crippen molar-refractivity contribution < 1.29 is 8.78 Å². The second-order valence-corrected chi connectivity index (χ2v) is 5.98. The number of hydrogen-bond donors (Lipinski definition) is 1. The molecule has 0 saturated heterocycles. The minimum atomic E-state index is -2.45. The molecule has 1 aromatic heterocycles. The molecule has 1 fully saturated rings. The summed E-state index contributed by atoms with van der Waals surface area (Å²) in [6.07, 6.45) is 5.76. The largest absolute Gasteiger partial charge is 0.310 e. The maximum absolute atomic E-state index is 13.4. The summed E-state index contributed by atoms with van der Waals surface area (Å²) >= 11 is 0. The lowest BCUT2D eigenvalue weighted by molar-refractivity contribution is 0.133. The molecule has 0 atom stereocenters. The van der Waals surface area contributed by atoms with Gasteiger partial charge in [-0.05, 0) is 12.8 Å². The lowest BCUT2D eigenvalue weighted by Crippen LogP contribution is -2.23. The minimum Gasteiger partial charge on any atom is -0.310 e. The van der Waals surface area contributed by atoms with Crippen molar-refractivity contribution in [2.75, 3.05) is 0 Å². The average Bonchev–Trinajstić information content (AvgIpc) is 2.63. The van der Waals surface area contributed by atoms with Crippen LogP contribution in [0.1, 0.15) is 76.1 Å². The highest BCUT2D eigenvalue weighted by Gasteiger charge is 2.25. The Morgan fingerprint density at radius 3 is 2.45 bits per heavy atom. The van der Waals surface area contributed by atoms with Gasteiger partial charge in [0.2, 0.25) is 0 Å². The first-order chi connectivity index (χ1) is 9.59. The van der Waals surface area contributed by atoms with Crippen molar-refractivity contribution in [3.8, 4) is 0 Å². The van der Waals surface area contributed by atoms with Crippen molar-refractivity contribution >= 4 is 0 Å². The summed E-state index contributed by atoms with van der Waals surface area (Å²) in [5.41, 5.74) is 0.753. The van der Waals surface area contributed by atoms with Crippen molar-refractivity contribution in [3.05, 3.63) is 17.5 Å². The van der Waals surface area contributed by atoms with Crippen molar-refractivity contribution in [1.82, 2.24) is 15.1 Å². The van der Waals surface area contributed by atoms with Gasteiger partial charge in [0.15, 0.2) is 0 Å². The molecule has 20 heavy (non-hydrogen) atoms. The normalized spacial score (nSPS) is 17.9. The molecule has 0 unspecified atom stereocenters. The van der Waals surface area contributed by atoms with Crippen LogP contribution in [0.4, 0.5) is 8.78 Å². The zero-order valence-electron chi connectivity index (χ0n) is 12.4. The van der Waals surface area contributed by atoms with Gasteiger partial charge in [-0.2, -0.15) is 5.10 Å². The van der Waals surface area contributed by atoms with Gasteiger partial charge in [-0.25, -0.2) is 8.78 Å². The van der Waals surface area contributed by atoms with E-state index in [0.29, 0.717) is 12.1 Å². The van der Waals surface area contributed by atoms with Crippen LogP contribution < -0.4 is 5.32 Å². The van der Waals surface area contributed by atoms with Crippen molar-refractivity contribution in [2.24, 2.45) is 0 Å². The van der Waals surface area contributed by atoms with E-state index in [1.54, 1.807) is 10.9 Å². The standard InChI is InChI=1S/C15H25F2N3/c1-11(2)18-9-12-10-19-20(14(12)15(16)17)13-7-5-3-4-6-8-13/h10-11,13,15,18H,3-9H2,1-2H3. The smallest absolute Gasteiger partial charge is 0.280 e. The van der Waals surface area contributed by atoms with Crippen LogP contribution in [0.5, 0.6) is 0 Å². The quantitative estimate of drug-likeness (QED) is 0.821. The minimum absolute atomic E-state index is 0.116. The lowest BCUT2D eigenvalue weighted by Gasteiger charge is -2.18. The third-order valence-electron chi connectivity index (χ3n) is 3.99. The number of hydrogen-bond acceptors (Lipinski definition) is 2. The molecule has 1 heterocycles. The summed E-state index contributed by atoms with van der Waals surface area (Å²) in [5.74, 6) is 0. The molecule has 114 valence electrons. The Morgan fingerprint density at radius 2 is 1.90 bits per heavy atom. The molecular weight excluding hydrogens is 260 g/mol. The van der Waals surface area contributed by atoms with Crippen LogP contribution >= 0.6 is 0 Å². The fourth-order valence-electron chi connectivity index (χ4n) is 2.89. The van der Waals surface area contributed by atoms with Gasteiger partial charge >= 0.3 is 0 Å². The van der Waals surface area contributed by atoms with Gasteiger partial charge in [0, 0.05) is 18.2 Å². The van der Waals surface area contributed by atoms with E-state index in [1.807, 2.05) is 13.8 Å². The fourth-order valence-corrected chi connectivity index (χ4v) is 2.89. The molecule has 0 aliphatic heterocycles. The van der Waals surface area contributed by atoms with Gasteiger partial charge in [-0.3, -0.25) is 4.68 Å². The van der Waals surface area contributed by atoms with E-state index in [2.05, 4.69) is 10.4 Å². The first-order valence-electron chi connectivity index (χ1n) is 7.67. The molecule has 1 aromatic rings. The first-order valence-corrected chi connectivity index (χ1v) is 7.67. The zero-order valence-corrected chi connectivity index (χ0v) is 12.4. The van der Waals surface area contributed by atoms with Gasteiger partial charge in [0.05, 0.1) is 12.2 Å². The third kappa shape index (κ3) is 3.78. The Kier molecular flexibility index (Phi) is 5.52. The summed E-state index contributed by atoms with van der Waals surface area (Å²) < 4.78 is 28.4. The molecule has 0 radical (unpaired) electrons. The molecule has 5 heteroatoms. The monoisotopic (exact) mass is 285 g/mol. The van der Waals surface area contributed by atoms with Crippen molar-refractivity contribution in [2.45, 2.75) is 77.4 Å². The van der Waals surface area contributed by atoms with Crippen molar-refractivity contribution in [1.29, 1.82) is 0 Å². The fraction of sp³-hybridized carbons (Fsp3) is 0.800. The summed E-state index contributed by atoms with van der Waals surface area (Å²) in [7, 11) is 0. The predicted molar refractivity (Wildman–Crippen MR) is 75.9 cm³/mol. The van der Waals surface area contributed by atoms with E-state index < -0.39 is 6.43 Å². The van der Waals surface area contributed by atoms with Crippen molar-refractivity contribution in [3.63, 3.8) is 0 Å². The van der Waals surface area contributed by atoms with Gasteiger partial charge < -0.3 is 5.32 Å². The van der Waals surface area contributed by atoms with Gasteiger partial charge in [0.1, 0.15) is 5.69 Å². The summed E-state index contributed by atoms with van der Waals surface area (Å²) in [5, 5.41) is 7.48. The molecule has 3 nitrogen and oxygen atoms in total. The Hall–Kier alpha value is -0.970. The Labute approximate surface area is 119 Å². The van der Waals surface area contributed by atoms with E-state index >= 15 is 0 Å². The van der Waals surface area contributed by atoms with Gasteiger partial charge in [-0.15, -0.1) is 0 Å². The zero-order chi connectivity index (χ0) is 14.5. The average molecular weight is 285 g/mol. The number of halogens is 2. The Balaban J connectivity index is 2.19. The molecule has 0 spiro atoms. The Morgan fingerprint density at radius 1 is 1.25 bits per heavy atom. The SMILES string of the molecule is CC(C)NCc1cnn(C2CCCCCC2)c1C(F)F. The Bertz CT molecular complexity index is 407. The lowest BCUT2D eigenvalue weighted by atomic mass is 10.1. The highest BCUT2D eigenvalue weighted by atomic mass is 19.3. The number of aromatic nitrogens is 2. The number of nitrogens with one attached hydrogen (secondary N) is 1. The highest BCUT2D eigenvalue weighted by Crippen LogP contribution is 2.32. The molecule has 1 N–H and O–H groups in total. The van der Waals surface area contributed by atoms with Crippen LogP contribution in [0.25, 0.3) is 0 Å². The predicted octanol–water partition coefficient (Wildman–Crippen LogP) is 4.21. The molecule has 0 amide bonds. The second-order valence-electron chi connectivity index (χ2n) is 5.98. The molecule has 1 aliphatic carbocycles. The van der Waals surface area contributed by atoms with E-state index in [9.17, 15) is 8.78 Å². The topological polar surface area (TPSA) is 29.9 Å². The summed E-state index contributed by atoms with van der Waals surface area (Å²) in [6, 6.07) is 0.427. The number of nitrogens with zero attached hydrogens (tertiary/aromatic N) is 2. The van der Waals surface area contributed by atoms with Crippen LogP contribution in [-0.4, -0.2) is 15.8 Å². The first kappa shape index (κ1) is 15.4. The van der Waals surface area contributed by atoms with E-state index in [-0.39, 0.29) is 17.8 Å². The summed E-state index contributed by atoms with van der Waals surface area (Å²) in [4.78, 5) is 0. The van der Waals surface area contributed by atoms with E-state index in [1.165, 1.54) is 12.8 Å². The number of alkyl halides is 2. The number of rotatable bonds is 5. The summed E-state index contributed by atoms with van der Waals surface area (Å²) in [6.45, 7) is 4.49. The molecule has 2 rings (SSSR count).